The number of carbonyl (C=O) groups excluding carboxylic acids is 1. The molecule has 1 heterocycles. The van der Waals surface area contributed by atoms with E-state index in [2.05, 4.69) is 5.32 Å². The molecule has 0 saturated carbocycles. The van der Waals surface area contributed by atoms with E-state index in [1.54, 1.807) is 6.92 Å². The Balaban J connectivity index is 2.96. The van der Waals surface area contributed by atoms with Crippen molar-refractivity contribution in [3.05, 3.63) is 15.8 Å². The van der Waals surface area contributed by atoms with Crippen molar-refractivity contribution in [2.24, 2.45) is 11.1 Å². The second-order valence-corrected chi connectivity index (χ2v) is 7.59. The lowest BCUT2D eigenvalue weighted by molar-refractivity contribution is 0.0928. The number of hydrogen-bond donors (Lipinski definition) is 2. The van der Waals surface area contributed by atoms with Crippen molar-refractivity contribution in [2.45, 2.75) is 45.1 Å². The topological polar surface area (TPSA) is 89.3 Å². The van der Waals surface area contributed by atoms with Crippen molar-refractivity contribution in [2.75, 3.05) is 0 Å². The number of nitrogens with one attached hydrogen (secondary N) is 1. The molecule has 1 rings (SSSR count). The average molecular weight is 304 g/mol. The highest BCUT2D eigenvalue weighted by molar-refractivity contribution is 7.89. The van der Waals surface area contributed by atoms with Gasteiger partial charge in [-0.25, -0.2) is 13.6 Å². The summed E-state index contributed by atoms with van der Waals surface area (Å²) < 4.78 is 22.7. The number of nitrogens with two attached hydrogens (primary N) is 1. The molecule has 1 aromatic rings. The molecule has 5 nitrogen and oxygen atoms in total. The number of amides is 1. The predicted molar refractivity (Wildman–Crippen MR) is 76.8 cm³/mol. The van der Waals surface area contributed by atoms with E-state index in [0.29, 0.717) is 15.7 Å². The van der Waals surface area contributed by atoms with Crippen molar-refractivity contribution in [3.63, 3.8) is 0 Å². The van der Waals surface area contributed by atoms with Gasteiger partial charge >= 0.3 is 0 Å². The molecule has 0 aromatic carbocycles. The van der Waals surface area contributed by atoms with E-state index in [9.17, 15) is 13.2 Å². The van der Waals surface area contributed by atoms with Crippen molar-refractivity contribution in [3.8, 4) is 0 Å². The maximum atomic E-state index is 12.1. The molecule has 1 aromatic heterocycles. The van der Waals surface area contributed by atoms with E-state index >= 15 is 0 Å². The molecular weight excluding hydrogens is 284 g/mol. The highest BCUT2D eigenvalue weighted by atomic mass is 32.2. The molecule has 0 aliphatic carbocycles. The molecule has 0 radical (unpaired) electrons. The zero-order valence-electron chi connectivity index (χ0n) is 11.6. The van der Waals surface area contributed by atoms with Gasteiger partial charge in [-0.15, -0.1) is 11.3 Å². The molecule has 3 N–H and O–H groups in total. The van der Waals surface area contributed by atoms with Crippen molar-refractivity contribution in [1.29, 1.82) is 0 Å². The molecule has 0 aliphatic rings. The first kappa shape index (κ1) is 16.1. The zero-order chi connectivity index (χ0) is 14.8. The lowest BCUT2D eigenvalue weighted by Crippen LogP contribution is -2.37. The van der Waals surface area contributed by atoms with Crippen LogP contribution in [0.5, 0.6) is 0 Å². The third kappa shape index (κ3) is 4.02. The summed E-state index contributed by atoms with van der Waals surface area (Å²) in [6, 6.07) is 1.42. The van der Waals surface area contributed by atoms with Crippen molar-refractivity contribution >= 4 is 27.3 Å². The minimum Gasteiger partial charge on any atom is -0.348 e. The Morgan fingerprint density at radius 3 is 2.42 bits per heavy atom. The first-order chi connectivity index (χ1) is 8.66. The molecule has 1 amide bonds. The van der Waals surface area contributed by atoms with Crippen LogP contribution >= 0.6 is 11.3 Å². The van der Waals surface area contributed by atoms with Gasteiger partial charge in [-0.05, 0) is 25.3 Å². The highest BCUT2D eigenvalue weighted by Crippen LogP contribution is 2.25. The fourth-order valence-electron chi connectivity index (χ4n) is 1.84. The van der Waals surface area contributed by atoms with Crippen LogP contribution in [0.25, 0.3) is 0 Å². The summed E-state index contributed by atoms with van der Waals surface area (Å²) in [5.74, 6) is 0.0799. The van der Waals surface area contributed by atoms with Gasteiger partial charge in [0, 0.05) is 10.9 Å². The van der Waals surface area contributed by atoms with Gasteiger partial charge in [-0.2, -0.15) is 0 Å². The minimum atomic E-state index is -3.77. The number of aryl methyl sites for hydroxylation is 1. The summed E-state index contributed by atoms with van der Waals surface area (Å²) in [5, 5.41) is 8.00. The van der Waals surface area contributed by atoms with Crippen LogP contribution in [0.2, 0.25) is 0 Å². The summed E-state index contributed by atoms with van der Waals surface area (Å²) in [7, 11) is -3.77. The maximum absolute atomic E-state index is 12.1. The van der Waals surface area contributed by atoms with Gasteiger partial charge in [0.1, 0.15) is 0 Å². The monoisotopic (exact) mass is 304 g/mol. The Hall–Kier alpha value is -0.920. The van der Waals surface area contributed by atoms with E-state index in [4.69, 9.17) is 5.14 Å². The fourth-order valence-corrected chi connectivity index (χ4v) is 3.89. The Morgan fingerprint density at radius 1 is 1.47 bits per heavy atom. The van der Waals surface area contributed by atoms with Gasteiger partial charge in [0.05, 0.1) is 9.77 Å². The lowest BCUT2D eigenvalue weighted by atomic mass is 10.0. The third-order valence-corrected chi connectivity index (χ3v) is 5.18. The predicted octanol–water partition coefficient (Wildman–Crippen LogP) is 1.87. The second kappa shape index (κ2) is 6.02. The summed E-state index contributed by atoms with van der Waals surface area (Å²) in [4.78, 5) is 13.0. The second-order valence-electron chi connectivity index (χ2n) is 4.81. The van der Waals surface area contributed by atoms with E-state index in [1.807, 2.05) is 20.8 Å². The van der Waals surface area contributed by atoms with Crippen LogP contribution in [0.15, 0.2) is 11.0 Å². The van der Waals surface area contributed by atoms with E-state index < -0.39 is 10.0 Å². The summed E-state index contributed by atoms with van der Waals surface area (Å²) in [6.45, 7) is 7.70. The first-order valence-corrected chi connectivity index (χ1v) is 8.47. The number of primary sulfonamides is 1. The van der Waals surface area contributed by atoms with Crippen molar-refractivity contribution in [1.82, 2.24) is 5.32 Å². The van der Waals surface area contributed by atoms with Crippen LogP contribution in [0.4, 0.5) is 0 Å². The van der Waals surface area contributed by atoms with Gasteiger partial charge < -0.3 is 5.32 Å². The molecule has 0 fully saturated rings. The van der Waals surface area contributed by atoms with Crippen LogP contribution in [-0.2, 0) is 10.0 Å². The van der Waals surface area contributed by atoms with E-state index in [0.717, 1.165) is 17.8 Å². The summed E-state index contributed by atoms with van der Waals surface area (Å²) in [6.07, 6.45) is 0.829. The normalized spacial score (nSPS) is 13.6. The minimum absolute atomic E-state index is 0.0280. The standard InChI is InChI=1S/C12H20N2O3S2/c1-5-9(7(2)3)14-12(15)10-6-11(8(4)18-10)19(13,16)17/h6-7,9H,5H2,1-4H3,(H,14,15)(H2,13,16,17). The number of hydrogen-bond acceptors (Lipinski definition) is 4. The zero-order valence-corrected chi connectivity index (χ0v) is 13.2. The molecule has 7 heteroatoms. The summed E-state index contributed by atoms with van der Waals surface area (Å²) in [5.41, 5.74) is 0. The Kier molecular flexibility index (Phi) is 5.11. The number of rotatable bonds is 5. The number of sulfonamides is 1. The van der Waals surface area contributed by atoms with E-state index in [1.165, 1.54) is 6.07 Å². The highest BCUT2D eigenvalue weighted by Gasteiger charge is 2.21. The van der Waals surface area contributed by atoms with Crippen LogP contribution in [-0.4, -0.2) is 20.4 Å². The Bertz CT molecular complexity index is 562. The fraction of sp³-hybridized carbons (Fsp3) is 0.583. The third-order valence-electron chi connectivity index (χ3n) is 2.96. The largest absolute Gasteiger partial charge is 0.348 e. The van der Waals surface area contributed by atoms with Crippen LogP contribution < -0.4 is 10.5 Å². The van der Waals surface area contributed by atoms with Gasteiger partial charge in [0.2, 0.25) is 10.0 Å². The molecule has 108 valence electrons. The van der Waals surface area contributed by atoms with E-state index in [-0.39, 0.29) is 16.8 Å². The molecular formula is C12H20N2O3S2. The Morgan fingerprint density at radius 2 is 2.05 bits per heavy atom. The molecule has 0 saturated heterocycles. The molecule has 0 bridgehead atoms. The molecule has 0 spiro atoms. The number of thiophene rings is 1. The maximum Gasteiger partial charge on any atom is 0.261 e. The molecule has 19 heavy (non-hydrogen) atoms. The van der Waals surface area contributed by atoms with Crippen LogP contribution in [0, 0.1) is 12.8 Å². The molecule has 0 aliphatic heterocycles. The van der Waals surface area contributed by atoms with Gasteiger partial charge in [-0.3, -0.25) is 4.79 Å². The summed E-state index contributed by atoms with van der Waals surface area (Å²) >= 11 is 1.14. The first-order valence-electron chi connectivity index (χ1n) is 6.10. The van der Waals surface area contributed by atoms with Crippen molar-refractivity contribution < 1.29 is 13.2 Å². The molecule has 1 unspecified atom stereocenters. The average Bonchev–Trinajstić information content (AvgIpc) is 2.67. The quantitative estimate of drug-likeness (QED) is 0.870. The van der Waals surface area contributed by atoms with Crippen LogP contribution in [0.1, 0.15) is 41.7 Å². The Labute approximate surface area is 118 Å². The van der Waals surface area contributed by atoms with Gasteiger partial charge in [-0.1, -0.05) is 20.8 Å². The lowest BCUT2D eigenvalue weighted by Gasteiger charge is -2.20. The smallest absolute Gasteiger partial charge is 0.261 e. The SMILES string of the molecule is CCC(NC(=O)c1cc(S(N)(=O)=O)c(C)s1)C(C)C. The van der Waals surface area contributed by atoms with Gasteiger partial charge in [0.25, 0.3) is 5.91 Å². The molecule has 1 atom stereocenters. The van der Waals surface area contributed by atoms with Gasteiger partial charge in [0.15, 0.2) is 0 Å². The number of carbonyl (C=O) groups is 1. The van der Waals surface area contributed by atoms with Crippen LogP contribution in [0.3, 0.4) is 0 Å².